The van der Waals surface area contributed by atoms with Crippen molar-refractivity contribution in [2.75, 3.05) is 29.1 Å². The fraction of sp³-hybridized carbons (Fsp3) is 0.333. The van der Waals surface area contributed by atoms with Crippen LogP contribution in [-0.4, -0.2) is 39.7 Å². The van der Waals surface area contributed by atoms with E-state index < -0.39 is 17.6 Å². The molecule has 3 heterocycles. The number of hydrogen-bond donors (Lipinski definition) is 1. The number of hydrogen-bond acceptors (Lipinski definition) is 7. The Bertz CT molecular complexity index is 1090. The van der Waals surface area contributed by atoms with Gasteiger partial charge >= 0.3 is 6.18 Å². The van der Waals surface area contributed by atoms with E-state index in [4.69, 9.17) is 11.6 Å². The number of thiazole rings is 1. The van der Waals surface area contributed by atoms with Crippen LogP contribution in [0.1, 0.15) is 18.4 Å². The van der Waals surface area contributed by atoms with E-state index in [9.17, 15) is 18.0 Å². The number of carbonyl (C=O) groups is 1. The van der Waals surface area contributed by atoms with Crippen molar-refractivity contribution in [2.24, 2.45) is 0 Å². The molecule has 0 aliphatic carbocycles. The Hall–Kier alpha value is -2.11. The largest absolute Gasteiger partial charge is 0.418 e. The van der Waals surface area contributed by atoms with Crippen molar-refractivity contribution in [3.05, 3.63) is 35.1 Å². The molecule has 3 aromatic rings. The highest BCUT2D eigenvalue weighted by atomic mass is 35.5. The van der Waals surface area contributed by atoms with Crippen molar-refractivity contribution in [1.29, 1.82) is 0 Å². The molecule has 1 aromatic carbocycles. The van der Waals surface area contributed by atoms with Crippen LogP contribution in [0.15, 0.2) is 29.6 Å². The van der Waals surface area contributed by atoms with Gasteiger partial charge in [-0.1, -0.05) is 34.7 Å². The molecule has 0 atom stereocenters. The van der Waals surface area contributed by atoms with Crippen LogP contribution in [0.4, 0.5) is 24.0 Å². The first kappa shape index (κ1) is 21.1. The van der Waals surface area contributed by atoms with Gasteiger partial charge in [0.25, 0.3) is 0 Å². The third-order valence-electron chi connectivity index (χ3n) is 4.42. The van der Waals surface area contributed by atoms with Crippen molar-refractivity contribution in [2.45, 2.75) is 24.0 Å². The van der Waals surface area contributed by atoms with Gasteiger partial charge in [-0.25, -0.2) is 9.97 Å². The van der Waals surface area contributed by atoms with Crippen molar-refractivity contribution in [1.82, 2.24) is 15.0 Å². The first-order valence-corrected chi connectivity index (χ1v) is 11.1. The minimum atomic E-state index is -4.63. The Morgan fingerprint density at radius 2 is 2.03 bits per heavy atom. The second kappa shape index (κ2) is 8.56. The summed E-state index contributed by atoms with van der Waals surface area (Å²) in [5, 5.41) is 3.69. The zero-order valence-electron chi connectivity index (χ0n) is 15.4. The molecule has 1 aliphatic heterocycles. The molecule has 0 bridgehead atoms. The number of amides is 1. The molecular weight excluding hydrogens is 459 g/mol. The van der Waals surface area contributed by atoms with Gasteiger partial charge < -0.3 is 10.2 Å². The molecule has 1 N–H and O–H groups in total. The Labute approximate surface area is 182 Å². The number of carbonyl (C=O) groups excluding carboxylic acids is 1. The average Bonchev–Trinajstić information content (AvgIpc) is 3.36. The lowest BCUT2D eigenvalue weighted by Crippen LogP contribution is -2.18. The molecular formula is C18H15ClF3N5OS2. The molecule has 158 valence electrons. The zero-order valence-corrected chi connectivity index (χ0v) is 17.8. The van der Waals surface area contributed by atoms with Gasteiger partial charge in [-0.3, -0.25) is 4.79 Å². The van der Waals surface area contributed by atoms with Crippen LogP contribution in [0, 0.1) is 0 Å². The quantitative estimate of drug-likeness (QED) is 0.411. The molecule has 0 radical (unpaired) electrons. The summed E-state index contributed by atoms with van der Waals surface area (Å²) in [6, 6.07) is 3.22. The second-order valence-electron chi connectivity index (χ2n) is 6.55. The molecule has 1 saturated heterocycles. The first-order valence-electron chi connectivity index (χ1n) is 8.97. The van der Waals surface area contributed by atoms with Crippen LogP contribution in [0.3, 0.4) is 0 Å². The molecule has 0 unspecified atom stereocenters. The predicted molar refractivity (Wildman–Crippen MR) is 112 cm³/mol. The standard InChI is InChI=1S/C18H15ClF3N5OS2/c19-10-3-4-12(11(7-10)18(20,21)22)25-13(28)8-29-16-14-15(23-9-24-16)26-17(30-14)27-5-1-2-6-27/h3-4,7,9H,1-2,5-6,8H2,(H,25,28). The second-order valence-corrected chi connectivity index (χ2v) is 8.92. The Balaban J connectivity index is 1.48. The normalized spacial score (nSPS) is 14.5. The fourth-order valence-electron chi connectivity index (χ4n) is 3.05. The lowest BCUT2D eigenvalue weighted by Gasteiger charge is -2.14. The van der Waals surface area contributed by atoms with Crippen molar-refractivity contribution >= 4 is 61.8 Å². The van der Waals surface area contributed by atoms with E-state index >= 15 is 0 Å². The number of anilines is 2. The molecule has 30 heavy (non-hydrogen) atoms. The highest BCUT2D eigenvalue weighted by Gasteiger charge is 2.34. The van der Waals surface area contributed by atoms with Crippen molar-refractivity contribution < 1.29 is 18.0 Å². The van der Waals surface area contributed by atoms with Gasteiger partial charge in [-0.2, -0.15) is 18.2 Å². The molecule has 2 aromatic heterocycles. The Kier molecular flexibility index (Phi) is 6.03. The van der Waals surface area contributed by atoms with E-state index in [1.54, 1.807) is 0 Å². The van der Waals surface area contributed by atoms with Crippen LogP contribution >= 0.6 is 34.7 Å². The van der Waals surface area contributed by atoms with Gasteiger partial charge in [0.05, 0.1) is 17.0 Å². The molecule has 4 rings (SSSR count). The highest BCUT2D eigenvalue weighted by Crippen LogP contribution is 2.37. The number of thioether (sulfide) groups is 1. The summed E-state index contributed by atoms with van der Waals surface area (Å²) in [7, 11) is 0. The van der Waals surface area contributed by atoms with E-state index in [-0.39, 0.29) is 16.5 Å². The van der Waals surface area contributed by atoms with Crippen LogP contribution in [0.2, 0.25) is 5.02 Å². The van der Waals surface area contributed by atoms with E-state index in [2.05, 4.69) is 25.2 Å². The molecule has 1 amide bonds. The number of aromatic nitrogens is 3. The molecule has 6 nitrogen and oxygen atoms in total. The number of benzene rings is 1. The minimum Gasteiger partial charge on any atom is -0.348 e. The lowest BCUT2D eigenvalue weighted by atomic mass is 10.1. The highest BCUT2D eigenvalue weighted by molar-refractivity contribution is 8.00. The monoisotopic (exact) mass is 473 g/mol. The topological polar surface area (TPSA) is 71.0 Å². The SMILES string of the molecule is O=C(CSc1ncnc2nc(N3CCCC3)sc12)Nc1ccc(Cl)cc1C(F)(F)F. The third kappa shape index (κ3) is 4.62. The van der Waals surface area contributed by atoms with Gasteiger partial charge in [0.15, 0.2) is 10.8 Å². The summed E-state index contributed by atoms with van der Waals surface area (Å²) in [6.07, 6.45) is -1.02. The number of nitrogens with zero attached hydrogens (tertiary/aromatic N) is 4. The smallest absolute Gasteiger partial charge is 0.348 e. The maximum Gasteiger partial charge on any atom is 0.418 e. The molecule has 1 aliphatic rings. The molecule has 12 heteroatoms. The zero-order chi connectivity index (χ0) is 21.3. The maximum atomic E-state index is 13.2. The first-order chi connectivity index (χ1) is 14.3. The summed E-state index contributed by atoms with van der Waals surface area (Å²) in [6.45, 7) is 1.89. The summed E-state index contributed by atoms with van der Waals surface area (Å²) in [5.74, 6) is -0.688. The lowest BCUT2D eigenvalue weighted by molar-refractivity contribution is -0.137. The van der Waals surface area contributed by atoms with Crippen LogP contribution in [0.5, 0.6) is 0 Å². The summed E-state index contributed by atoms with van der Waals surface area (Å²) in [5.41, 5.74) is -0.771. The van der Waals surface area contributed by atoms with Gasteiger partial charge in [0.2, 0.25) is 5.91 Å². The number of alkyl halides is 3. The van der Waals surface area contributed by atoms with Gasteiger partial charge in [0, 0.05) is 18.1 Å². The number of fused-ring (bicyclic) bond motifs is 1. The maximum absolute atomic E-state index is 13.2. The number of nitrogens with one attached hydrogen (secondary N) is 1. The Morgan fingerprint density at radius 1 is 1.27 bits per heavy atom. The van der Waals surface area contributed by atoms with Gasteiger partial charge in [-0.15, -0.1) is 0 Å². The summed E-state index contributed by atoms with van der Waals surface area (Å²) >= 11 is 8.26. The number of rotatable bonds is 5. The summed E-state index contributed by atoms with van der Waals surface area (Å²) < 4.78 is 40.3. The fourth-order valence-corrected chi connectivity index (χ4v) is 5.16. The van der Waals surface area contributed by atoms with E-state index in [1.807, 2.05) is 0 Å². The van der Waals surface area contributed by atoms with Gasteiger partial charge in [-0.05, 0) is 31.0 Å². The third-order valence-corrected chi connectivity index (χ3v) is 6.89. The molecule has 1 fully saturated rings. The number of halogens is 4. The van der Waals surface area contributed by atoms with Crippen molar-refractivity contribution in [3.63, 3.8) is 0 Å². The van der Waals surface area contributed by atoms with E-state index in [0.29, 0.717) is 10.7 Å². The van der Waals surface area contributed by atoms with E-state index in [1.165, 1.54) is 23.7 Å². The minimum absolute atomic E-state index is 0.0583. The summed E-state index contributed by atoms with van der Waals surface area (Å²) in [4.78, 5) is 27.4. The predicted octanol–water partition coefficient (Wildman–Crippen LogP) is 5.09. The average molecular weight is 474 g/mol. The van der Waals surface area contributed by atoms with Crippen LogP contribution in [0.25, 0.3) is 10.3 Å². The molecule has 0 spiro atoms. The van der Waals surface area contributed by atoms with Crippen LogP contribution < -0.4 is 10.2 Å². The van der Waals surface area contributed by atoms with E-state index in [0.717, 1.165) is 59.7 Å². The van der Waals surface area contributed by atoms with Crippen molar-refractivity contribution in [3.8, 4) is 0 Å². The van der Waals surface area contributed by atoms with Gasteiger partial charge in [0.1, 0.15) is 16.1 Å². The Morgan fingerprint density at radius 3 is 2.77 bits per heavy atom. The van der Waals surface area contributed by atoms with Crippen LogP contribution in [-0.2, 0) is 11.0 Å². The molecule has 0 saturated carbocycles.